The maximum Gasteiger partial charge on any atom is 0.126 e. The monoisotopic (exact) mass is 283 g/mol. The Bertz CT molecular complexity index is 641. The second kappa shape index (κ2) is 5.41. The van der Waals surface area contributed by atoms with Crippen LogP contribution in [0, 0.1) is 13.8 Å². The van der Waals surface area contributed by atoms with E-state index in [1.807, 2.05) is 18.2 Å². The van der Waals surface area contributed by atoms with Crippen LogP contribution in [-0.2, 0) is 6.42 Å². The van der Waals surface area contributed by atoms with E-state index in [1.165, 1.54) is 11.1 Å². The van der Waals surface area contributed by atoms with Gasteiger partial charge >= 0.3 is 0 Å². The lowest BCUT2D eigenvalue weighted by molar-refractivity contribution is 0.197. The summed E-state index contributed by atoms with van der Waals surface area (Å²) in [5, 5.41) is 0. The van der Waals surface area contributed by atoms with Gasteiger partial charge < -0.3 is 15.2 Å². The highest BCUT2D eigenvalue weighted by atomic mass is 16.5. The molecule has 110 valence electrons. The SMILES string of the molecule is COc1c(C(N)C2Cc3ccccc3O2)ccc(C)c1C. The summed E-state index contributed by atoms with van der Waals surface area (Å²) in [6.45, 7) is 4.14. The summed E-state index contributed by atoms with van der Waals surface area (Å²) >= 11 is 0. The van der Waals surface area contributed by atoms with Gasteiger partial charge in [0.15, 0.2) is 0 Å². The number of para-hydroxylation sites is 1. The molecule has 0 saturated heterocycles. The molecular formula is C18H21NO2. The van der Waals surface area contributed by atoms with Crippen molar-refractivity contribution >= 4 is 0 Å². The van der Waals surface area contributed by atoms with Crippen molar-refractivity contribution in [2.75, 3.05) is 7.11 Å². The van der Waals surface area contributed by atoms with Gasteiger partial charge in [-0.2, -0.15) is 0 Å². The van der Waals surface area contributed by atoms with Gasteiger partial charge in [0.05, 0.1) is 13.2 Å². The maximum absolute atomic E-state index is 6.47. The Kier molecular flexibility index (Phi) is 3.60. The van der Waals surface area contributed by atoms with E-state index in [4.69, 9.17) is 15.2 Å². The fourth-order valence-corrected chi connectivity index (χ4v) is 2.95. The lowest BCUT2D eigenvalue weighted by Gasteiger charge is -2.23. The minimum atomic E-state index is -0.202. The molecule has 2 aromatic rings. The van der Waals surface area contributed by atoms with E-state index in [0.29, 0.717) is 0 Å². The lowest BCUT2D eigenvalue weighted by Crippen LogP contribution is -2.30. The van der Waals surface area contributed by atoms with E-state index in [2.05, 4.69) is 32.0 Å². The second-order valence-electron chi connectivity index (χ2n) is 5.62. The van der Waals surface area contributed by atoms with Gasteiger partial charge in [-0.1, -0.05) is 30.3 Å². The van der Waals surface area contributed by atoms with Crippen molar-refractivity contribution in [1.82, 2.24) is 0 Å². The molecule has 0 saturated carbocycles. The third kappa shape index (κ3) is 2.38. The fourth-order valence-electron chi connectivity index (χ4n) is 2.95. The van der Waals surface area contributed by atoms with Gasteiger partial charge in [-0.25, -0.2) is 0 Å². The first kappa shape index (κ1) is 14.0. The molecule has 0 aliphatic carbocycles. The molecule has 0 fully saturated rings. The summed E-state index contributed by atoms with van der Waals surface area (Å²) in [5.41, 5.74) is 11.1. The van der Waals surface area contributed by atoms with Gasteiger partial charge in [0.2, 0.25) is 0 Å². The number of fused-ring (bicyclic) bond motifs is 1. The molecule has 1 aliphatic heterocycles. The lowest BCUT2D eigenvalue weighted by atomic mass is 9.94. The average molecular weight is 283 g/mol. The molecule has 2 aromatic carbocycles. The molecule has 2 N–H and O–H groups in total. The van der Waals surface area contributed by atoms with Crippen LogP contribution in [0.1, 0.15) is 28.3 Å². The van der Waals surface area contributed by atoms with E-state index in [9.17, 15) is 0 Å². The molecule has 2 unspecified atom stereocenters. The minimum absolute atomic E-state index is 0.0431. The smallest absolute Gasteiger partial charge is 0.126 e. The molecule has 0 radical (unpaired) electrons. The minimum Gasteiger partial charge on any atom is -0.496 e. The highest BCUT2D eigenvalue weighted by Gasteiger charge is 2.30. The van der Waals surface area contributed by atoms with Crippen LogP contribution >= 0.6 is 0 Å². The number of aryl methyl sites for hydroxylation is 1. The number of methoxy groups -OCH3 is 1. The molecule has 1 aliphatic rings. The fraction of sp³-hybridized carbons (Fsp3) is 0.333. The zero-order chi connectivity index (χ0) is 15.0. The third-order valence-electron chi connectivity index (χ3n) is 4.34. The molecule has 2 atom stereocenters. The normalized spacial score (nSPS) is 18.0. The molecule has 0 bridgehead atoms. The number of benzene rings is 2. The molecular weight excluding hydrogens is 262 g/mol. The van der Waals surface area contributed by atoms with Crippen LogP contribution in [0.2, 0.25) is 0 Å². The van der Waals surface area contributed by atoms with E-state index < -0.39 is 0 Å². The highest BCUT2D eigenvalue weighted by molar-refractivity contribution is 5.48. The van der Waals surface area contributed by atoms with Crippen molar-refractivity contribution in [1.29, 1.82) is 0 Å². The van der Waals surface area contributed by atoms with Crippen LogP contribution in [0.25, 0.3) is 0 Å². The quantitative estimate of drug-likeness (QED) is 0.940. The van der Waals surface area contributed by atoms with Gasteiger partial charge in [-0.05, 0) is 36.6 Å². The van der Waals surface area contributed by atoms with Crippen LogP contribution in [0.5, 0.6) is 11.5 Å². The first-order chi connectivity index (χ1) is 10.1. The maximum atomic E-state index is 6.47. The Labute approximate surface area is 125 Å². The van der Waals surface area contributed by atoms with Crippen LogP contribution < -0.4 is 15.2 Å². The van der Waals surface area contributed by atoms with Crippen molar-refractivity contribution in [2.24, 2.45) is 5.73 Å². The topological polar surface area (TPSA) is 44.5 Å². The largest absolute Gasteiger partial charge is 0.496 e. The summed E-state index contributed by atoms with van der Waals surface area (Å²) < 4.78 is 11.6. The molecule has 3 rings (SSSR count). The van der Waals surface area contributed by atoms with Gasteiger partial charge in [-0.3, -0.25) is 0 Å². The van der Waals surface area contributed by atoms with Crippen molar-refractivity contribution in [3.05, 3.63) is 58.7 Å². The van der Waals surface area contributed by atoms with Crippen LogP contribution in [0.3, 0.4) is 0 Å². The number of hydrogen-bond acceptors (Lipinski definition) is 3. The third-order valence-corrected chi connectivity index (χ3v) is 4.34. The Morgan fingerprint density at radius 3 is 2.67 bits per heavy atom. The summed E-state index contributed by atoms with van der Waals surface area (Å²) in [6.07, 6.45) is 0.798. The Morgan fingerprint density at radius 1 is 1.19 bits per heavy atom. The predicted molar refractivity (Wildman–Crippen MR) is 84.0 cm³/mol. The zero-order valence-electron chi connectivity index (χ0n) is 12.7. The zero-order valence-corrected chi connectivity index (χ0v) is 12.7. The molecule has 0 amide bonds. The van der Waals surface area contributed by atoms with Gasteiger partial charge in [0.1, 0.15) is 17.6 Å². The number of nitrogens with two attached hydrogens (primary N) is 1. The molecule has 3 heteroatoms. The van der Waals surface area contributed by atoms with Crippen molar-refractivity contribution < 1.29 is 9.47 Å². The molecule has 0 aromatic heterocycles. The Morgan fingerprint density at radius 2 is 1.95 bits per heavy atom. The van der Waals surface area contributed by atoms with E-state index >= 15 is 0 Å². The summed E-state index contributed by atoms with van der Waals surface area (Å²) in [4.78, 5) is 0. The second-order valence-corrected chi connectivity index (χ2v) is 5.62. The van der Waals surface area contributed by atoms with Gasteiger partial charge in [0.25, 0.3) is 0 Å². The van der Waals surface area contributed by atoms with E-state index in [0.717, 1.165) is 29.0 Å². The van der Waals surface area contributed by atoms with E-state index in [1.54, 1.807) is 7.11 Å². The summed E-state index contributed by atoms with van der Waals surface area (Å²) in [6, 6.07) is 12.1. The first-order valence-corrected chi connectivity index (χ1v) is 7.26. The molecule has 0 spiro atoms. The van der Waals surface area contributed by atoms with E-state index in [-0.39, 0.29) is 12.1 Å². The van der Waals surface area contributed by atoms with Crippen LogP contribution in [-0.4, -0.2) is 13.2 Å². The molecule has 3 nitrogen and oxygen atoms in total. The standard InChI is InChI=1S/C18H21NO2/c1-11-8-9-14(18(20-3)12(11)2)17(19)16-10-13-6-4-5-7-15(13)21-16/h4-9,16-17H,10,19H2,1-3H3. The van der Waals surface area contributed by atoms with Crippen molar-refractivity contribution in [2.45, 2.75) is 32.4 Å². The number of rotatable bonds is 3. The molecule has 21 heavy (non-hydrogen) atoms. The number of ether oxygens (including phenoxy) is 2. The van der Waals surface area contributed by atoms with Gasteiger partial charge in [0, 0.05) is 12.0 Å². The predicted octanol–water partition coefficient (Wildman–Crippen LogP) is 3.32. The average Bonchev–Trinajstić information content (AvgIpc) is 2.93. The van der Waals surface area contributed by atoms with Gasteiger partial charge in [-0.15, -0.1) is 0 Å². The summed E-state index contributed by atoms with van der Waals surface area (Å²) in [5.74, 6) is 1.82. The van der Waals surface area contributed by atoms with Crippen molar-refractivity contribution in [3.8, 4) is 11.5 Å². The Hall–Kier alpha value is -2.00. The summed E-state index contributed by atoms with van der Waals surface area (Å²) in [7, 11) is 1.70. The van der Waals surface area contributed by atoms with Crippen LogP contribution in [0.15, 0.2) is 36.4 Å². The highest BCUT2D eigenvalue weighted by Crippen LogP contribution is 2.37. The first-order valence-electron chi connectivity index (χ1n) is 7.26. The van der Waals surface area contributed by atoms with Crippen LogP contribution in [0.4, 0.5) is 0 Å². The van der Waals surface area contributed by atoms with Crippen molar-refractivity contribution in [3.63, 3.8) is 0 Å². The molecule has 1 heterocycles. The Balaban J connectivity index is 1.91. The number of hydrogen-bond donors (Lipinski definition) is 1.